The maximum atomic E-state index is 2.36. The Morgan fingerprint density at radius 3 is 1.96 bits per heavy atom. The largest absolute Gasteiger partial charge is 0.243 e. The zero-order valence-corrected chi connectivity index (χ0v) is 17.5. The summed E-state index contributed by atoms with van der Waals surface area (Å²) >= 11 is 0. The third kappa shape index (κ3) is 13.1. The van der Waals surface area contributed by atoms with Crippen molar-refractivity contribution in [2.45, 2.75) is 124 Å². The molecule has 0 atom stereocenters. The summed E-state index contributed by atoms with van der Waals surface area (Å²) in [7, 11) is 0. The van der Waals surface area contributed by atoms with Gasteiger partial charge in [0.2, 0.25) is 6.33 Å². The van der Waals surface area contributed by atoms with Gasteiger partial charge in [0.25, 0.3) is 0 Å². The Morgan fingerprint density at radius 1 is 0.760 bits per heavy atom. The van der Waals surface area contributed by atoms with E-state index in [1.54, 1.807) is 0 Å². The van der Waals surface area contributed by atoms with Crippen LogP contribution in [0.5, 0.6) is 0 Å². The Morgan fingerprint density at radius 2 is 1.36 bits per heavy atom. The van der Waals surface area contributed by atoms with E-state index in [0.29, 0.717) is 0 Å². The Kier molecular flexibility index (Phi) is 13.8. The Hall–Kier alpha value is -0.790. The fourth-order valence-corrected chi connectivity index (χ4v) is 3.51. The maximum absolute atomic E-state index is 2.36. The molecule has 0 saturated heterocycles. The van der Waals surface area contributed by atoms with Gasteiger partial charge in [0.1, 0.15) is 12.4 Å². The van der Waals surface area contributed by atoms with Crippen LogP contribution in [-0.4, -0.2) is 4.57 Å². The number of imidazole rings is 1. The molecule has 0 radical (unpaired) electrons. The molecule has 1 aromatic heterocycles. The molecule has 0 aromatic carbocycles. The van der Waals surface area contributed by atoms with E-state index < -0.39 is 0 Å². The summed E-state index contributed by atoms with van der Waals surface area (Å²) in [5, 5.41) is 0. The molecule has 1 aromatic rings. The molecule has 146 valence electrons. The molecule has 2 heteroatoms. The molecule has 0 fully saturated rings. The molecule has 0 aliphatic carbocycles. The molecule has 25 heavy (non-hydrogen) atoms. The average molecular weight is 350 g/mol. The van der Waals surface area contributed by atoms with Crippen molar-refractivity contribution in [1.82, 2.24) is 4.57 Å². The van der Waals surface area contributed by atoms with Crippen LogP contribution in [0.15, 0.2) is 18.7 Å². The van der Waals surface area contributed by atoms with Crippen LogP contribution >= 0.6 is 0 Å². The minimum atomic E-state index is 0.887. The number of hydrogen-bond acceptors (Lipinski definition) is 0. The number of nitrogens with zero attached hydrogens (tertiary/aromatic N) is 2. The number of aryl methyl sites for hydroxylation is 2. The lowest BCUT2D eigenvalue weighted by atomic mass is 10.0. The Bertz CT molecular complexity index is 395. The summed E-state index contributed by atoms with van der Waals surface area (Å²) in [4.78, 5) is 0. The Labute approximate surface area is 158 Å². The summed E-state index contributed by atoms with van der Waals surface area (Å²) in [6.45, 7) is 9.31. The second kappa shape index (κ2) is 15.5. The van der Waals surface area contributed by atoms with Crippen molar-refractivity contribution in [3.8, 4) is 0 Å². The monoisotopic (exact) mass is 349 g/mol. The molecule has 1 heterocycles. The first-order valence-electron chi connectivity index (χ1n) is 11.3. The highest BCUT2D eigenvalue weighted by Crippen LogP contribution is 2.13. The highest BCUT2D eigenvalue weighted by molar-refractivity contribution is 4.66. The van der Waals surface area contributed by atoms with Crippen molar-refractivity contribution < 1.29 is 4.57 Å². The molecule has 1 rings (SSSR count). The third-order valence-corrected chi connectivity index (χ3v) is 5.21. The van der Waals surface area contributed by atoms with Crippen LogP contribution in [0.2, 0.25) is 0 Å². The molecule has 0 aliphatic heterocycles. The molecular formula is C23H45N2+. The quantitative estimate of drug-likeness (QED) is 0.213. The van der Waals surface area contributed by atoms with E-state index in [9.17, 15) is 0 Å². The van der Waals surface area contributed by atoms with Gasteiger partial charge in [-0.2, -0.15) is 0 Å². The fraction of sp³-hybridized carbons (Fsp3) is 0.870. The van der Waals surface area contributed by atoms with Gasteiger partial charge in [0.05, 0.1) is 13.1 Å². The summed E-state index contributed by atoms with van der Waals surface area (Å²) in [5.41, 5.74) is 0. The van der Waals surface area contributed by atoms with Gasteiger partial charge in [-0.25, -0.2) is 9.13 Å². The van der Waals surface area contributed by atoms with Gasteiger partial charge in [-0.05, 0) is 31.6 Å². The molecule has 2 nitrogen and oxygen atoms in total. The van der Waals surface area contributed by atoms with E-state index in [1.807, 2.05) is 0 Å². The van der Waals surface area contributed by atoms with Crippen molar-refractivity contribution >= 4 is 0 Å². The Balaban J connectivity index is 1.85. The van der Waals surface area contributed by atoms with Crippen LogP contribution in [0.25, 0.3) is 0 Å². The number of unbranched alkanes of at least 4 members (excludes halogenated alkanes) is 11. The zero-order valence-electron chi connectivity index (χ0n) is 17.5. The first-order valence-corrected chi connectivity index (χ1v) is 11.3. The van der Waals surface area contributed by atoms with Crippen molar-refractivity contribution in [1.29, 1.82) is 0 Å². The lowest BCUT2D eigenvalue weighted by molar-refractivity contribution is -0.696. The molecule has 0 N–H and O–H groups in total. The molecule has 0 amide bonds. The first-order chi connectivity index (χ1) is 12.2. The predicted molar refractivity (Wildman–Crippen MR) is 110 cm³/mol. The second-order valence-corrected chi connectivity index (χ2v) is 8.31. The van der Waals surface area contributed by atoms with Crippen LogP contribution in [0.3, 0.4) is 0 Å². The third-order valence-electron chi connectivity index (χ3n) is 5.21. The highest BCUT2D eigenvalue weighted by atomic mass is 15.1. The summed E-state index contributed by atoms with van der Waals surface area (Å²) in [6, 6.07) is 0. The molecule has 0 bridgehead atoms. The van der Waals surface area contributed by atoms with Crippen molar-refractivity contribution in [2.75, 3.05) is 0 Å². The van der Waals surface area contributed by atoms with Crippen LogP contribution < -0.4 is 4.57 Å². The van der Waals surface area contributed by atoms with Crippen molar-refractivity contribution in [2.24, 2.45) is 5.92 Å². The van der Waals surface area contributed by atoms with Crippen molar-refractivity contribution in [3.05, 3.63) is 18.7 Å². The van der Waals surface area contributed by atoms with E-state index in [2.05, 4.69) is 48.6 Å². The van der Waals surface area contributed by atoms with Gasteiger partial charge in [0.15, 0.2) is 0 Å². The molecular weight excluding hydrogens is 304 g/mol. The van der Waals surface area contributed by atoms with Crippen LogP contribution in [0, 0.1) is 5.92 Å². The smallest absolute Gasteiger partial charge is 0.237 e. The predicted octanol–water partition coefficient (Wildman–Crippen LogP) is 6.91. The van der Waals surface area contributed by atoms with E-state index in [-0.39, 0.29) is 0 Å². The minimum Gasteiger partial charge on any atom is -0.237 e. The summed E-state index contributed by atoms with van der Waals surface area (Å²) in [5.74, 6) is 0.887. The van der Waals surface area contributed by atoms with E-state index in [4.69, 9.17) is 0 Å². The zero-order chi connectivity index (χ0) is 18.2. The van der Waals surface area contributed by atoms with E-state index in [0.717, 1.165) is 5.92 Å². The summed E-state index contributed by atoms with van der Waals surface area (Å²) in [6.07, 6.45) is 26.4. The van der Waals surface area contributed by atoms with Gasteiger partial charge in [-0.1, -0.05) is 85.0 Å². The van der Waals surface area contributed by atoms with Gasteiger partial charge in [0, 0.05) is 0 Å². The number of rotatable bonds is 17. The minimum absolute atomic E-state index is 0.887. The average Bonchev–Trinajstić information content (AvgIpc) is 3.03. The van der Waals surface area contributed by atoms with Gasteiger partial charge in [-0.15, -0.1) is 0 Å². The fourth-order valence-electron chi connectivity index (χ4n) is 3.51. The number of hydrogen-bond donors (Lipinski definition) is 0. The SMILES string of the molecule is CCCCCn1cc[n+](CCCCCCCCCCCCC(C)C)c1. The lowest BCUT2D eigenvalue weighted by Crippen LogP contribution is -2.30. The molecule has 0 aliphatic rings. The molecule has 0 saturated carbocycles. The summed E-state index contributed by atoms with van der Waals surface area (Å²) < 4.78 is 4.71. The van der Waals surface area contributed by atoms with E-state index >= 15 is 0 Å². The van der Waals surface area contributed by atoms with Crippen LogP contribution in [-0.2, 0) is 13.1 Å². The molecule has 0 unspecified atom stereocenters. The normalized spacial score (nSPS) is 11.5. The highest BCUT2D eigenvalue weighted by Gasteiger charge is 2.03. The van der Waals surface area contributed by atoms with Gasteiger partial charge in [-0.3, -0.25) is 0 Å². The van der Waals surface area contributed by atoms with Crippen LogP contribution in [0.1, 0.15) is 111 Å². The second-order valence-electron chi connectivity index (χ2n) is 8.31. The van der Waals surface area contributed by atoms with Gasteiger partial charge >= 0.3 is 0 Å². The molecule has 0 spiro atoms. The van der Waals surface area contributed by atoms with Crippen LogP contribution in [0.4, 0.5) is 0 Å². The first kappa shape index (κ1) is 22.3. The van der Waals surface area contributed by atoms with E-state index in [1.165, 1.54) is 103 Å². The van der Waals surface area contributed by atoms with Crippen molar-refractivity contribution in [3.63, 3.8) is 0 Å². The lowest BCUT2D eigenvalue weighted by Gasteiger charge is -2.04. The maximum Gasteiger partial charge on any atom is 0.243 e. The topological polar surface area (TPSA) is 8.81 Å². The van der Waals surface area contributed by atoms with Gasteiger partial charge < -0.3 is 0 Å². The number of aromatic nitrogens is 2. The standard InChI is InChI=1S/C23H45N2/c1-4-5-15-18-24-20-21-25(22-24)19-16-13-11-9-7-6-8-10-12-14-17-23(2)3/h20-23H,4-19H2,1-3H3/q+1.